The molecule has 6 N–H and O–H groups in total. The Morgan fingerprint density at radius 1 is 1.04 bits per heavy atom. The number of benzene rings is 2. The van der Waals surface area contributed by atoms with Gasteiger partial charge in [0.05, 0.1) is 11.2 Å². The third-order valence-electron chi connectivity index (χ3n) is 4.43. The van der Waals surface area contributed by atoms with E-state index in [1.807, 2.05) is 24.3 Å². The zero-order chi connectivity index (χ0) is 18.8. The molecule has 0 fully saturated rings. The second-order valence-corrected chi connectivity index (χ2v) is 6.53. The molecule has 7 heteroatoms. The molecule has 27 heavy (non-hydrogen) atoms. The molecule has 0 aliphatic carbocycles. The summed E-state index contributed by atoms with van der Waals surface area (Å²) in [6, 6.07) is 16.2. The molecule has 4 aromatic rings. The van der Waals surface area contributed by atoms with Crippen LogP contribution in [0.3, 0.4) is 0 Å². The van der Waals surface area contributed by atoms with Gasteiger partial charge in [0.25, 0.3) is 0 Å². The molecule has 0 amide bonds. The minimum absolute atomic E-state index is 0.231. The van der Waals surface area contributed by atoms with E-state index >= 15 is 0 Å². The van der Waals surface area contributed by atoms with Crippen LogP contribution in [0.5, 0.6) is 0 Å². The fourth-order valence-electron chi connectivity index (χ4n) is 3.11. The first kappa shape index (κ1) is 16.8. The molecule has 0 bridgehead atoms. The molecule has 0 aliphatic heterocycles. The monoisotopic (exact) mass is 359 g/mol. The van der Waals surface area contributed by atoms with E-state index in [4.69, 9.17) is 11.5 Å². The number of fused-ring (bicyclic) bond motifs is 1. The predicted octanol–water partition coefficient (Wildman–Crippen LogP) is 3.15. The molecule has 0 unspecified atom stereocenters. The third kappa shape index (κ3) is 3.67. The highest BCUT2D eigenvalue weighted by molar-refractivity contribution is 5.91. The Hall–Kier alpha value is -3.61. The lowest BCUT2D eigenvalue weighted by Gasteiger charge is -2.09. The molecule has 136 valence electrons. The lowest BCUT2D eigenvalue weighted by atomic mass is 10.1. The maximum Gasteiger partial charge on any atom is 0.222 e. The highest BCUT2D eigenvalue weighted by Crippen LogP contribution is 2.26. The first-order valence-electron chi connectivity index (χ1n) is 8.76. The topological polar surface area (TPSA) is 119 Å². The van der Waals surface area contributed by atoms with Gasteiger partial charge in [0.2, 0.25) is 5.95 Å². The molecule has 0 atom stereocenters. The van der Waals surface area contributed by atoms with Crippen LogP contribution >= 0.6 is 0 Å². The number of aromatic nitrogens is 4. The smallest absolute Gasteiger partial charge is 0.222 e. The number of nitrogen functional groups attached to an aromatic ring is 2. The van der Waals surface area contributed by atoms with Crippen LogP contribution in [-0.4, -0.2) is 26.7 Å². The number of aryl methyl sites for hydroxylation is 1. The first-order chi connectivity index (χ1) is 13.1. The van der Waals surface area contributed by atoms with Crippen molar-refractivity contribution < 1.29 is 0 Å². The molecule has 2 aromatic heterocycles. The Balaban J connectivity index is 1.53. The first-order valence-corrected chi connectivity index (χ1v) is 8.76. The van der Waals surface area contributed by atoms with Gasteiger partial charge in [-0.1, -0.05) is 35.9 Å². The normalized spacial score (nSPS) is 11.0. The van der Waals surface area contributed by atoms with Crippen LogP contribution in [0.1, 0.15) is 11.1 Å². The summed E-state index contributed by atoms with van der Waals surface area (Å²) in [6.45, 7) is 2.86. The molecular formula is C20H21N7. The van der Waals surface area contributed by atoms with E-state index in [9.17, 15) is 0 Å². The Morgan fingerprint density at radius 3 is 2.78 bits per heavy atom. The summed E-state index contributed by atoms with van der Waals surface area (Å²) < 4.78 is 0. The number of aromatic amines is 1. The van der Waals surface area contributed by atoms with Crippen molar-refractivity contribution in [1.82, 2.24) is 20.2 Å². The van der Waals surface area contributed by atoms with Crippen LogP contribution < -0.4 is 16.8 Å². The largest absolute Gasteiger partial charge is 0.382 e. The van der Waals surface area contributed by atoms with E-state index in [1.54, 1.807) is 0 Å². The second-order valence-electron chi connectivity index (χ2n) is 6.53. The fraction of sp³-hybridized carbons (Fsp3) is 0.150. The summed E-state index contributed by atoms with van der Waals surface area (Å²) in [5, 5.41) is 11.2. The summed E-state index contributed by atoms with van der Waals surface area (Å²) in [6.07, 6.45) is 0.903. The third-order valence-corrected chi connectivity index (χ3v) is 4.43. The summed E-state index contributed by atoms with van der Waals surface area (Å²) >= 11 is 0. The van der Waals surface area contributed by atoms with E-state index in [0.717, 1.165) is 35.1 Å². The lowest BCUT2D eigenvalue weighted by molar-refractivity contribution is 1.000. The Morgan fingerprint density at radius 2 is 1.93 bits per heavy atom. The summed E-state index contributed by atoms with van der Waals surface area (Å²) in [4.78, 5) is 8.65. The second kappa shape index (κ2) is 6.95. The maximum atomic E-state index is 5.91. The van der Waals surface area contributed by atoms with Crippen molar-refractivity contribution in [2.24, 2.45) is 0 Å². The van der Waals surface area contributed by atoms with Gasteiger partial charge in [0.15, 0.2) is 5.82 Å². The molecule has 0 saturated heterocycles. The Kier molecular flexibility index (Phi) is 4.33. The molecule has 0 radical (unpaired) electrons. The molecule has 0 aliphatic rings. The average Bonchev–Trinajstić information content (AvgIpc) is 3.02. The average molecular weight is 359 g/mol. The standard InChI is InChI=1S/C20H21N7/c1-12-3-2-4-13(9-12)7-8-23-18-11-16(24-20(22)25-18)14-5-6-15-17(10-14)26-27-19(15)21/h2-6,9-11H,7-8H2,1H3,(H3,21,26,27)(H3,22,23,24,25). The number of nitrogens with one attached hydrogen (secondary N) is 2. The van der Waals surface area contributed by atoms with Gasteiger partial charge in [-0.25, -0.2) is 4.98 Å². The molecule has 0 spiro atoms. The predicted molar refractivity (Wildman–Crippen MR) is 109 cm³/mol. The number of anilines is 3. The van der Waals surface area contributed by atoms with E-state index in [-0.39, 0.29) is 5.95 Å². The minimum atomic E-state index is 0.231. The molecule has 7 nitrogen and oxygen atoms in total. The Labute approximate surface area is 156 Å². The van der Waals surface area contributed by atoms with Crippen LogP contribution in [-0.2, 0) is 6.42 Å². The zero-order valence-corrected chi connectivity index (χ0v) is 15.0. The van der Waals surface area contributed by atoms with Crippen LogP contribution in [0.25, 0.3) is 22.2 Å². The number of rotatable bonds is 5. The molecule has 4 rings (SSSR count). The van der Waals surface area contributed by atoms with E-state index < -0.39 is 0 Å². The number of H-pyrrole nitrogens is 1. The Bertz CT molecular complexity index is 1100. The van der Waals surface area contributed by atoms with Gasteiger partial charge in [-0.3, -0.25) is 5.10 Å². The summed E-state index contributed by atoms with van der Waals surface area (Å²) in [5.74, 6) is 1.42. The van der Waals surface area contributed by atoms with Crippen LogP contribution in [0, 0.1) is 6.92 Å². The SMILES string of the molecule is Cc1cccc(CCNc2cc(-c3ccc4c(N)n[nH]c4c3)nc(N)n2)c1. The number of nitrogens with two attached hydrogens (primary N) is 2. The van der Waals surface area contributed by atoms with E-state index in [1.165, 1.54) is 11.1 Å². The van der Waals surface area contributed by atoms with Gasteiger partial charge < -0.3 is 16.8 Å². The van der Waals surface area contributed by atoms with Crippen molar-refractivity contribution >= 4 is 28.5 Å². The minimum Gasteiger partial charge on any atom is -0.382 e. The van der Waals surface area contributed by atoms with Crippen LogP contribution in [0.4, 0.5) is 17.6 Å². The molecular weight excluding hydrogens is 338 g/mol. The van der Waals surface area contributed by atoms with E-state index in [2.05, 4.69) is 56.7 Å². The van der Waals surface area contributed by atoms with Crippen molar-refractivity contribution in [1.29, 1.82) is 0 Å². The van der Waals surface area contributed by atoms with Gasteiger partial charge in [-0.05, 0) is 31.0 Å². The van der Waals surface area contributed by atoms with Crippen molar-refractivity contribution in [3.05, 3.63) is 59.7 Å². The lowest BCUT2D eigenvalue weighted by Crippen LogP contribution is -2.08. The molecule has 0 saturated carbocycles. The van der Waals surface area contributed by atoms with Crippen LogP contribution in [0.15, 0.2) is 48.5 Å². The van der Waals surface area contributed by atoms with E-state index in [0.29, 0.717) is 11.6 Å². The fourth-order valence-corrected chi connectivity index (χ4v) is 3.11. The summed E-state index contributed by atoms with van der Waals surface area (Å²) in [5.41, 5.74) is 16.8. The van der Waals surface area contributed by atoms with Gasteiger partial charge in [-0.2, -0.15) is 10.1 Å². The van der Waals surface area contributed by atoms with Crippen molar-refractivity contribution in [3.63, 3.8) is 0 Å². The van der Waals surface area contributed by atoms with Crippen molar-refractivity contribution in [2.45, 2.75) is 13.3 Å². The highest BCUT2D eigenvalue weighted by atomic mass is 15.1. The van der Waals surface area contributed by atoms with Gasteiger partial charge >= 0.3 is 0 Å². The number of hydrogen-bond acceptors (Lipinski definition) is 6. The highest BCUT2D eigenvalue weighted by Gasteiger charge is 2.08. The summed E-state index contributed by atoms with van der Waals surface area (Å²) in [7, 11) is 0. The van der Waals surface area contributed by atoms with Gasteiger partial charge in [0, 0.05) is 23.6 Å². The molecule has 2 aromatic carbocycles. The number of nitrogens with zero attached hydrogens (tertiary/aromatic N) is 3. The van der Waals surface area contributed by atoms with Crippen LogP contribution in [0.2, 0.25) is 0 Å². The quantitative estimate of drug-likeness (QED) is 0.435. The van der Waals surface area contributed by atoms with Crippen molar-refractivity contribution in [2.75, 3.05) is 23.3 Å². The number of hydrogen-bond donors (Lipinski definition) is 4. The van der Waals surface area contributed by atoms with Gasteiger partial charge in [-0.15, -0.1) is 0 Å². The zero-order valence-electron chi connectivity index (χ0n) is 15.0. The van der Waals surface area contributed by atoms with Gasteiger partial charge in [0.1, 0.15) is 5.82 Å². The molecule has 2 heterocycles. The van der Waals surface area contributed by atoms with Crippen molar-refractivity contribution in [3.8, 4) is 11.3 Å². The maximum absolute atomic E-state index is 5.91.